The Morgan fingerprint density at radius 1 is 0.627 bits per heavy atom. The van der Waals surface area contributed by atoms with E-state index >= 15 is 19.2 Å². The van der Waals surface area contributed by atoms with Crippen molar-refractivity contribution in [2.75, 3.05) is 39.8 Å². The highest BCUT2D eigenvalue weighted by Gasteiger charge is 2.43. The Morgan fingerprint density at radius 2 is 1.20 bits per heavy atom. The summed E-state index contributed by atoms with van der Waals surface area (Å²) >= 11 is 13.7. The number of phenolic OH excluding ortho intramolecular Hbond substituents is 4. The highest BCUT2D eigenvalue weighted by molar-refractivity contribution is 6.32. The molecule has 28 nitrogen and oxygen atoms in total. The molecule has 0 aliphatic carbocycles. The normalized spacial score (nSPS) is 20.3. The number of halogens is 5. The third-order valence-corrected chi connectivity index (χ3v) is 17.9. The number of hydrogen-bond donors (Lipinski definition) is 16. The summed E-state index contributed by atoms with van der Waals surface area (Å²) in [6.07, 6.45) is -3.98. The second-order valence-electron chi connectivity index (χ2n) is 25.4. The molecular weight excluding hydrogens is 1380 g/mol. The molecule has 550 valence electrons. The molecule has 0 spiro atoms. The van der Waals surface area contributed by atoms with Gasteiger partial charge < -0.3 is 98.6 Å². The van der Waals surface area contributed by atoms with Crippen LogP contribution < -0.4 is 63.1 Å². The number of hydrogen-bond acceptors (Lipinski definition) is 19. The summed E-state index contributed by atoms with van der Waals surface area (Å²) in [4.78, 5) is 131. The number of fused-ring (bicyclic) bond motifs is 15. The molecule has 0 radical (unpaired) electrons. The number of nitrogens with zero attached hydrogens (tertiary/aromatic N) is 1. The second kappa shape index (κ2) is 34.8. The van der Waals surface area contributed by atoms with E-state index in [1.165, 1.54) is 37.4 Å². The number of aliphatic hydroxyl groups is 2. The molecule has 102 heavy (non-hydrogen) atoms. The van der Waals surface area contributed by atoms with Gasteiger partial charge in [-0.15, -0.1) is 0 Å². The molecule has 0 unspecified atom stereocenters. The molecule has 10 rings (SSSR count). The van der Waals surface area contributed by atoms with Crippen molar-refractivity contribution in [1.29, 1.82) is 0 Å². The van der Waals surface area contributed by atoms with E-state index in [1.807, 2.05) is 24.1 Å². The number of aliphatic hydroxyl groups excluding tert-OH is 2. The highest BCUT2D eigenvalue weighted by Crippen LogP contribution is 2.48. The van der Waals surface area contributed by atoms with Crippen molar-refractivity contribution in [3.05, 3.63) is 117 Å². The number of amides is 9. The molecule has 0 saturated carbocycles. The van der Waals surface area contributed by atoms with Crippen molar-refractivity contribution in [3.8, 4) is 57.1 Å². The van der Waals surface area contributed by atoms with Gasteiger partial charge >= 0.3 is 12.1 Å². The van der Waals surface area contributed by atoms with Crippen LogP contribution in [0.3, 0.4) is 0 Å². The number of aromatic hydroxyl groups is 4. The molecular formula is C69H82Cl2F3N11O17. The molecule has 11 bridgehead atoms. The molecule has 5 aliphatic rings. The Morgan fingerprint density at radius 3 is 1.79 bits per heavy atom. The lowest BCUT2D eigenvalue weighted by Gasteiger charge is -2.31. The number of carbonyl (C=O) groups is 9. The topological polar surface area (TPSA) is 431 Å². The van der Waals surface area contributed by atoms with Crippen LogP contribution in [0.2, 0.25) is 10.0 Å². The number of ether oxygens (including phenoxy) is 2. The SMILES string of the molecule is CCCCCCCCN(CCCNC(=O)[C@H]1NC(=O)[C@H]2NC(=O)[C@H](NC(=O)[C@@H]3NC(=O)[C@H](CC(N)=O)NC(=O)[C@H](NC(=O)[C@@H](CC(C)C)NC)[C@H](O)c4ccc(c(Cl)c4)Oc4cc3cc(c4O)Oc3ccc(cc3Cl)[C@H]2O)c2ccc(O)c(c2)-c2c(O)cc(O)cc21)CCCNC(=O)C(F)(F)F. The minimum absolute atomic E-state index is 0.0564. The number of alkyl halides is 3. The number of phenols is 4. The maximum Gasteiger partial charge on any atom is 0.471 e. The van der Waals surface area contributed by atoms with Gasteiger partial charge in [-0.1, -0.05) is 94.3 Å². The van der Waals surface area contributed by atoms with Crippen molar-refractivity contribution in [2.45, 2.75) is 146 Å². The highest BCUT2D eigenvalue weighted by atomic mass is 35.5. The quantitative estimate of drug-likeness (QED) is 0.0356. The molecule has 0 fully saturated rings. The Kier molecular flexibility index (Phi) is 26.6. The van der Waals surface area contributed by atoms with Gasteiger partial charge in [-0.3, -0.25) is 43.2 Å². The van der Waals surface area contributed by atoms with Gasteiger partial charge in [0.2, 0.25) is 53.0 Å². The minimum atomic E-state index is -5.07. The zero-order valence-electron chi connectivity index (χ0n) is 56.0. The largest absolute Gasteiger partial charge is 0.508 e. The number of rotatable bonds is 23. The first kappa shape index (κ1) is 78.1. The Labute approximate surface area is 593 Å². The summed E-state index contributed by atoms with van der Waals surface area (Å²) in [5.74, 6) is -16.4. The maximum atomic E-state index is 15.7. The lowest BCUT2D eigenvalue weighted by Crippen LogP contribution is -2.59. The fourth-order valence-electron chi connectivity index (χ4n) is 12.0. The van der Waals surface area contributed by atoms with Gasteiger partial charge in [0.25, 0.3) is 0 Å². The molecule has 9 atom stereocenters. The van der Waals surface area contributed by atoms with E-state index < -0.39 is 160 Å². The molecule has 33 heteroatoms. The molecule has 17 N–H and O–H groups in total. The zero-order valence-corrected chi connectivity index (χ0v) is 57.5. The molecule has 5 aromatic rings. The van der Waals surface area contributed by atoms with Crippen molar-refractivity contribution in [1.82, 2.24) is 52.8 Å². The monoisotopic (exact) mass is 1460 g/mol. The summed E-state index contributed by atoms with van der Waals surface area (Å²) in [6.45, 7) is 6.40. The maximum absolute atomic E-state index is 15.7. The van der Waals surface area contributed by atoms with E-state index in [1.54, 1.807) is 0 Å². The predicted octanol–water partition coefficient (Wildman–Crippen LogP) is 5.55. The summed E-state index contributed by atoms with van der Waals surface area (Å²) < 4.78 is 51.3. The van der Waals surface area contributed by atoms with Crippen LogP contribution in [-0.4, -0.2) is 159 Å². The molecule has 0 saturated heterocycles. The first-order valence-corrected chi connectivity index (χ1v) is 33.8. The van der Waals surface area contributed by atoms with Gasteiger partial charge in [0.1, 0.15) is 77.2 Å². The fraction of sp³-hybridized carbons (Fsp3) is 0.435. The van der Waals surface area contributed by atoms with Crippen LogP contribution in [0.15, 0.2) is 78.9 Å². The van der Waals surface area contributed by atoms with Gasteiger partial charge in [-0.25, -0.2) is 0 Å². The summed E-state index contributed by atoms with van der Waals surface area (Å²) in [5.41, 5.74) is 3.53. The average Bonchev–Trinajstić information content (AvgIpc) is 0.766. The lowest BCUT2D eigenvalue weighted by atomic mass is 9.89. The van der Waals surface area contributed by atoms with Crippen LogP contribution >= 0.6 is 23.2 Å². The van der Waals surface area contributed by atoms with Crippen molar-refractivity contribution in [2.24, 2.45) is 11.7 Å². The van der Waals surface area contributed by atoms with Crippen molar-refractivity contribution >= 4 is 76.4 Å². The average molecular weight is 1470 g/mol. The molecule has 5 aliphatic heterocycles. The van der Waals surface area contributed by atoms with E-state index in [-0.39, 0.29) is 106 Å². The van der Waals surface area contributed by atoms with Gasteiger partial charge in [0, 0.05) is 30.3 Å². The first-order valence-electron chi connectivity index (χ1n) is 33.1. The molecule has 0 aromatic heterocycles. The van der Waals surface area contributed by atoms with Crippen LogP contribution in [0.1, 0.15) is 143 Å². The molecule has 5 aromatic carbocycles. The van der Waals surface area contributed by atoms with Gasteiger partial charge in [0.05, 0.1) is 22.5 Å². The first-order chi connectivity index (χ1) is 48.4. The summed E-state index contributed by atoms with van der Waals surface area (Å²) in [6, 6.07) is 0.847. The van der Waals surface area contributed by atoms with Gasteiger partial charge in [-0.05, 0) is 141 Å². The van der Waals surface area contributed by atoms with Crippen LogP contribution in [0.4, 0.5) is 13.2 Å². The van der Waals surface area contributed by atoms with Crippen molar-refractivity contribution < 1.29 is 96.4 Å². The van der Waals surface area contributed by atoms with Crippen LogP contribution in [-0.2, 0) is 43.2 Å². The number of nitrogens with two attached hydrogens (primary N) is 1. The number of benzene rings is 5. The van der Waals surface area contributed by atoms with Crippen LogP contribution in [0.25, 0.3) is 11.1 Å². The predicted molar refractivity (Wildman–Crippen MR) is 364 cm³/mol. The standard InChI is InChI=1S/C69H82Cl2F3N11O17/c1-5-6-7-8-9-10-21-85(23-12-20-78-68(100)69(72,73)74)22-11-19-77-63(95)55-40-30-38(86)31-46(88)52(40)39-25-34(13-16-45(39)87)53-64(96)84-57(67(99)82-55)59(91)36-15-18-48(42(71)27-36)102-50-29-37-28-49(60(50)92)101-47-17-14-35(26-41(47)70)58(90)56(83-61(93)43(76-4)24-33(2)3)66(98)79-44(32-51(75)89)62(94)80-54(37)65(97)81-53/h13-18,25-31,33,43-44,53-59,76,86-88,90-92H,5-12,19-24,32H2,1-4H3,(H2,75,89)(H,77,95)(H,78,100)(H,79,98)(H,80,94)(H,81,97)(H,82,99)(H,83,93)(H,84,96)/t43-,44+,53-,54-,55+,56-,57+,58-,59-/m1/s1. The van der Waals surface area contributed by atoms with Crippen LogP contribution in [0, 0.1) is 5.92 Å². The number of likely N-dealkylation sites (N-methyl/N-ethyl adjacent to an activating group) is 1. The third kappa shape index (κ3) is 19.7. The number of unbranched alkanes of at least 4 members (excludes halogenated alkanes) is 5. The van der Waals surface area contributed by atoms with Crippen molar-refractivity contribution in [3.63, 3.8) is 0 Å². The third-order valence-electron chi connectivity index (χ3n) is 17.3. The van der Waals surface area contributed by atoms with E-state index in [0.717, 1.165) is 87.1 Å². The number of nitrogens with one attached hydrogen (secondary N) is 9. The Hall–Kier alpha value is -9.66. The van der Waals surface area contributed by atoms with E-state index in [2.05, 4.69) is 49.5 Å². The molecule has 5 heterocycles. The lowest BCUT2D eigenvalue weighted by molar-refractivity contribution is -0.173. The zero-order chi connectivity index (χ0) is 74.4. The minimum Gasteiger partial charge on any atom is -0.508 e. The number of primary amides is 1. The molecule has 9 amide bonds. The smallest absolute Gasteiger partial charge is 0.471 e. The van der Waals surface area contributed by atoms with E-state index in [0.29, 0.717) is 6.54 Å². The van der Waals surface area contributed by atoms with Gasteiger partial charge in [-0.2, -0.15) is 13.2 Å². The van der Waals surface area contributed by atoms with Crippen LogP contribution in [0.5, 0.6) is 46.0 Å². The Balaban J connectivity index is 1.23. The second-order valence-corrected chi connectivity index (χ2v) is 26.2. The van der Waals surface area contributed by atoms with E-state index in [9.17, 15) is 67.8 Å². The summed E-state index contributed by atoms with van der Waals surface area (Å²) in [7, 11) is 1.49. The summed E-state index contributed by atoms with van der Waals surface area (Å²) in [5, 5.41) is 93.0. The Bertz CT molecular complexity index is 3960. The fourth-order valence-corrected chi connectivity index (χ4v) is 12.5. The number of carbonyl (C=O) groups excluding carboxylic acids is 9. The van der Waals surface area contributed by atoms with E-state index in [4.69, 9.17) is 38.4 Å². The van der Waals surface area contributed by atoms with Gasteiger partial charge in [0.15, 0.2) is 11.5 Å².